The van der Waals surface area contributed by atoms with Crippen molar-refractivity contribution < 1.29 is 4.79 Å². The molecule has 1 unspecified atom stereocenters. The first-order valence-corrected chi connectivity index (χ1v) is 6.90. The fraction of sp³-hybridized carbons (Fsp3) is 0.533. The number of aryl methyl sites for hydroxylation is 1. The van der Waals surface area contributed by atoms with Gasteiger partial charge >= 0.3 is 0 Å². The number of benzene rings is 1. The van der Waals surface area contributed by atoms with Crippen LogP contribution in [0, 0.1) is 0 Å². The molecule has 0 saturated carbocycles. The Hall–Kier alpha value is -1.06. The summed E-state index contributed by atoms with van der Waals surface area (Å²) in [6.45, 7) is 3.22. The molecule has 0 aliphatic carbocycles. The summed E-state index contributed by atoms with van der Waals surface area (Å²) in [6, 6.07) is 8.61. The van der Waals surface area contributed by atoms with Gasteiger partial charge in [-0.15, -0.1) is 12.4 Å². The Morgan fingerprint density at radius 2 is 2.32 bits per heavy atom. The summed E-state index contributed by atoms with van der Waals surface area (Å²) in [5.74, 6) is 0.122. The van der Waals surface area contributed by atoms with Gasteiger partial charge in [-0.05, 0) is 49.9 Å². The molecule has 1 amide bonds. The second-order valence-corrected chi connectivity index (χ2v) is 4.93. The van der Waals surface area contributed by atoms with E-state index in [4.69, 9.17) is 0 Å². The van der Waals surface area contributed by atoms with Crippen LogP contribution in [-0.2, 0) is 11.2 Å². The van der Waals surface area contributed by atoms with E-state index >= 15 is 0 Å². The number of anilines is 1. The summed E-state index contributed by atoms with van der Waals surface area (Å²) >= 11 is 0. The van der Waals surface area contributed by atoms with Crippen molar-refractivity contribution in [1.82, 2.24) is 5.32 Å². The number of carbonyl (C=O) groups excluding carboxylic acids is 1. The highest BCUT2D eigenvalue weighted by atomic mass is 35.5. The second-order valence-electron chi connectivity index (χ2n) is 4.93. The van der Waals surface area contributed by atoms with Crippen LogP contribution < -0.4 is 10.6 Å². The number of carbonyl (C=O) groups is 1. The monoisotopic (exact) mass is 282 g/mol. The fourth-order valence-electron chi connectivity index (χ4n) is 2.40. The third-order valence-electron chi connectivity index (χ3n) is 3.50. The molecule has 1 aliphatic heterocycles. The largest absolute Gasteiger partial charge is 0.326 e. The fourth-order valence-corrected chi connectivity index (χ4v) is 2.40. The van der Waals surface area contributed by atoms with E-state index in [9.17, 15) is 4.79 Å². The quantitative estimate of drug-likeness (QED) is 0.871. The van der Waals surface area contributed by atoms with Gasteiger partial charge in [0.1, 0.15) is 0 Å². The molecule has 2 rings (SSSR count). The van der Waals surface area contributed by atoms with Gasteiger partial charge in [0.05, 0.1) is 0 Å². The molecule has 1 saturated heterocycles. The molecule has 0 spiro atoms. The minimum absolute atomic E-state index is 0. The van der Waals surface area contributed by atoms with Gasteiger partial charge in [0.15, 0.2) is 0 Å². The lowest BCUT2D eigenvalue weighted by atomic mass is 10.1. The first-order chi connectivity index (χ1) is 8.78. The van der Waals surface area contributed by atoms with Crippen LogP contribution in [0.25, 0.3) is 0 Å². The van der Waals surface area contributed by atoms with Gasteiger partial charge < -0.3 is 10.6 Å². The predicted molar refractivity (Wildman–Crippen MR) is 82.0 cm³/mol. The van der Waals surface area contributed by atoms with Crippen molar-refractivity contribution >= 4 is 24.0 Å². The Morgan fingerprint density at radius 3 is 3.00 bits per heavy atom. The van der Waals surface area contributed by atoms with Gasteiger partial charge in [0.2, 0.25) is 5.91 Å². The summed E-state index contributed by atoms with van der Waals surface area (Å²) in [6.07, 6.45) is 4.99. The maximum atomic E-state index is 11.8. The van der Waals surface area contributed by atoms with Crippen LogP contribution in [0.2, 0.25) is 0 Å². The smallest absolute Gasteiger partial charge is 0.224 e. The van der Waals surface area contributed by atoms with Crippen LogP contribution in [0.4, 0.5) is 5.69 Å². The van der Waals surface area contributed by atoms with Gasteiger partial charge in [0.25, 0.3) is 0 Å². The maximum absolute atomic E-state index is 11.8. The lowest BCUT2D eigenvalue weighted by Gasteiger charge is -2.10. The summed E-state index contributed by atoms with van der Waals surface area (Å²) in [7, 11) is 0. The highest BCUT2D eigenvalue weighted by molar-refractivity contribution is 5.90. The molecule has 1 fully saturated rings. The zero-order valence-corrected chi connectivity index (χ0v) is 12.3. The number of halogens is 1. The molecule has 0 aromatic heterocycles. The zero-order valence-electron chi connectivity index (χ0n) is 11.4. The molecule has 3 nitrogen and oxygen atoms in total. The lowest BCUT2D eigenvalue weighted by Crippen LogP contribution is -2.23. The van der Waals surface area contributed by atoms with Crippen LogP contribution in [0.15, 0.2) is 24.3 Å². The number of hydrogen-bond acceptors (Lipinski definition) is 2. The average molecular weight is 283 g/mol. The molecule has 106 valence electrons. The number of nitrogens with one attached hydrogen (secondary N) is 2. The topological polar surface area (TPSA) is 41.1 Å². The van der Waals surface area contributed by atoms with Crippen LogP contribution >= 0.6 is 12.4 Å². The molecule has 2 N–H and O–H groups in total. The summed E-state index contributed by atoms with van der Waals surface area (Å²) < 4.78 is 0. The predicted octanol–water partition coefficient (Wildman–Crippen LogP) is 3.14. The minimum Gasteiger partial charge on any atom is -0.326 e. The molecule has 1 aromatic rings. The molecular formula is C15H23ClN2O. The van der Waals surface area contributed by atoms with Crippen molar-refractivity contribution in [1.29, 1.82) is 0 Å². The molecule has 1 aromatic carbocycles. The summed E-state index contributed by atoms with van der Waals surface area (Å²) in [5.41, 5.74) is 2.17. The molecule has 1 atom stereocenters. The standard InChI is InChI=1S/C15H22N2O.ClH/c1-2-12-5-3-6-14(11-12)17-15(18)9-8-13-7-4-10-16-13;/h3,5-6,11,13,16H,2,4,7-10H2,1H3,(H,17,18);1H. The normalized spacial score (nSPS) is 17.8. The molecule has 1 aliphatic rings. The highest BCUT2D eigenvalue weighted by Crippen LogP contribution is 2.14. The van der Waals surface area contributed by atoms with Gasteiger partial charge in [-0.2, -0.15) is 0 Å². The van der Waals surface area contributed by atoms with Crippen LogP contribution in [-0.4, -0.2) is 18.5 Å². The highest BCUT2D eigenvalue weighted by Gasteiger charge is 2.15. The lowest BCUT2D eigenvalue weighted by molar-refractivity contribution is -0.116. The van der Waals surface area contributed by atoms with E-state index in [1.165, 1.54) is 18.4 Å². The van der Waals surface area contributed by atoms with Gasteiger partial charge in [-0.25, -0.2) is 0 Å². The van der Waals surface area contributed by atoms with E-state index < -0.39 is 0 Å². The van der Waals surface area contributed by atoms with E-state index in [1.807, 2.05) is 18.2 Å². The molecule has 4 heteroatoms. The van der Waals surface area contributed by atoms with Crippen molar-refractivity contribution in [3.05, 3.63) is 29.8 Å². The average Bonchev–Trinajstić information content (AvgIpc) is 2.90. The van der Waals surface area contributed by atoms with Crippen molar-refractivity contribution in [2.75, 3.05) is 11.9 Å². The van der Waals surface area contributed by atoms with Gasteiger partial charge in [-0.1, -0.05) is 19.1 Å². The second kappa shape index (κ2) is 8.18. The van der Waals surface area contributed by atoms with E-state index in [0.717, 1.165) is 25.1 Å². The van der Waals surface area contributed by atoms with Crippen LogP contribution in [0.5, 0.6) is 0 Å². The van der Waals surface area contributed by atoms with E-state index in [1.54, 1.807) is 0 Å². The SMILES string of the molecule is CCc1cccc(NC(=O)CCC2CCCN2)c1.Cl. The van der Waals surface area contributed by atoms with Crippen molar-refractivity contribution in [2.45, 2.75) is 45.1 Å². The Bertz CT molecular complexity index is 403. The molecule has 0 bridgehead atoms. The molecular weight excluding hydrogens is 260 g/mol. The Balaban J connectivity index is 0.00000180. The van der Waals surface area contributed by atoms with E-state index in [0.29, 0.717) is 12.5 Å². The first-order valence-electron chi connectivity index (χ1n) is 6.90. The molecule has 19 heavy (non-hydrogen) atoms. The van der Waals surface area contributed by atoms with Gasteiger partial charge in [0, 0.05) is 18.2 Å². The Labute approximate surface area is 121 Å². The van der Waals surface area contributed by atoms with Gasteiger partial charge in [-0.3, -0.25) is 4.79 Å². The summed E-state index contributed by atoms with van der Waals surface area (Å²) in [4.78, 5) is 11.8. The number of amides is 1. The van der Waals surface area contributed by atoms with Crippen LogP contribution in [0.3, 0.4) is 0 Å². The van der Waals surface area contributed by atoms with Crippen molar-refractivity contribution in [3.8, 4) is 0 Å². The maximum Gasteiger partial charge on any atom is 0.224 e. The Morgan fingerprint density at radius 1 is 1.47 bits per heavy atom. The summed E-state index contributed by atoms with van der Waals surface area (Å²) in [5, 5.41) is 6.39. The van der Waals surface area contributed by atoms with Crippen molar-refractivity contribution in [3.63, 3.8) is 0 Å². The Kier molecular flexibility index (Phi) is 6.89. The van der Waals surface area contributed by atoms with Crippen LogP contribution in [0.1, 0.15) is 38.2 Å². The van der Waals surface area contributed by atoms with E-state index in [2.05, 4.69) is 23.6 Å². The first kappa shape index (κ1) is 16.0. The van der Waals surface area contributed by atoms with Crippen molar-refractivity contribution in [2.24, 2.45) is 0 Å². The third-order valence-corrected chi connectivity index (χ3v) is 3.50. The zero-order chi connectivity index (χ0) is 12.8. The molecule has 0 radical (unpaired) electrons. The third kappa shape index (κ3) is 5.21. The minimum atomic E-state index is 0. The number of rotatable bonds is 5. The number of hydrogen-bond donors (Lipinski definition) is 2. The molecule has 1 heterocycles. The van der Waals surface area contributed by atoms with E-state index in [-0.39, 0.29) is 18.3 Å².